The molecule has 0 spiro atoms. The number of halogens is 1. The van der Waals surface area contributed by atoms with Crippen LogP contribution in [-0.2, 0) is 4.74 Å². The lowest BCUT2D eigenvalue weighted by molar-refractivity contribution is -0.00136. The maximum Gasteiger partial charge on any atom is 0.246 e. The third-order valence-electron chi connectivity index (χ3n) is 3.23. The predicted octanol–water partition coefficient (Wildman–Crippen LogP) is 1.61. The molecule has 0 amide bonds. The van der Waals surface area contributed by atoms with Crippen molar-refractivity contribution in [2.24, 2.45) is 0 Å². The number of rotatable bonds is 3. The molecule has 1 aliphatic heterocycles. The molecule has 1 fully saturated rings. The molecule has 3 heterocycles. The zero-order chi connectivity index (χ0) is 13.9. The molecule has 2 aromatic heterocycles. The van der Waals surface area contributed by atoms with Crippen LogP contribution in [0.5, 0.6) is 5.88 Å². The van der Waals surface area contributed by atoms with E-state index in [0.29, 0.717) is 24.2 Å². The molecule has 21 heavy (non-hydrogen) atoms. The molecule has 2 atom stereocenters. The van der Waals surface area contributed by atoms with Gasteiger partial charge in [0.1, 0.15) is 6.04 Å². The summed E-state index contributed by atoms with van der Waals surface area (Å²) in [6.45, 7) is 3.45. The molecule has 0 saturated carbocycles. The summed E-state index contributed by atoms with van der Waals surface area (Å²) in [5.41, 5.74) is 0.783. The molecule has 114 valence electrons. The smallest absolute Gasteiger partial charge is 0.246 e. The van der Waals surface area contributed by atoms with Gasteiger partial charge in [-0.3, -0.25) is 0 Å². The Balaban J connectivity index is 0.00000161. The molecule has 8 heteroatoms. The molecule has 1 aliphatic rings. The third-order valence-corrected chi connectivity index (χ3v) is 3.23. The highest BCUT2D eigenvalue weighted by molar-refractivity contribution is 5.85. The van der Waals surface area contributed by atoms with Gasteiger partial charge in [-0.25, -0.2) is 4.98 Å². The summed E-state index contributed by atoms with van der Waals surface area (Å²) >= 11 is 0. The summed E-state index contributed by atoms with van der Waals surface area (Å²) in [4.78, 5) is 8.54. The molecular weight excluding hydrogens is 296 g/mol. The van der Waals surface area contributed by atoms with Gasteiger partial charge >= 0.3 is 0 Å². The van der Waals surface area contributed by atoms with Crippen molar-refractivity contribution < 1.29 is 14.0 Å². The van der Waals surface area contributed by atoms with E-state index in [1.165, 1.54) is 0 Å². The lowest BCUT2D eigenvalue weighted by Crippen LogP contribution is -2.40. The fourth-order valence-electron chi connectivity index (χ4n) is 2.12. The second kappa shape index (κ2) is 6.84. The van der Waals surface area contributed by atoms with Crippen molar-refractivity contribution in [1.82, 2.24) is 20.4 Å². The number of nitrogens with one attached hydrogen (secondary N) is 1. The fourth-order valence-corrected chi connectivity index (χ4v) is 2.12. The average Bonchev–Trinajstić information content (AvgIpc) is 2.97. The van der Waals surface area contributed by atoms with Crippen LogP contribution in [0.3, 0.4) is 0 Å². The van der Waals surface area contributed by atoms with E-state index in [9.17, 15) is 0 Å². The Bertz CT molecular complexity index is 575. The number of hydrogen-bond acceptors (Lipinski definition) is 7. The van der Waals surface area contributed by atoms with Crippen LogP contribution >= 0.6 is 12.4 Å². The third kappa shape index (κ3) is 3.31. The SMILES string of the molecule is COc1ccc(-c2noc([C@H]3NCCO[C@@H]3C)n2)cn1.Cl. The Kier molecular flexibility index (Phi) is 5.11. The minimum absolute atomic E-state index is 0. The first-order valence-corrected chi connectivity index (χ1v) is 6.47. The van der Waals surface area contributed by atoms with Crippen LogP contribution in [0.25, 0.3) is 11.4 Å². The van der Waals surface area contributed by atoms with Gasteiger partial charge in [0.25, 0.3) is 0 Å². The summed E-state index contributed by atoms with van der Waals surface area (Å²) in [6.07, 6.45) is 1.66. The normalized spacial score (nSPS) is 21.6. The highest BCUT2D eigenvalue weighted by atomic mass is 35.5. The second-order valence-corrected chi connectivity index (χ2v) is 4.55. The number of aromatic nitrogens is 3. The molecule has 0 aliphatic carbocycles. The number of pyridine rings is 1. The van der Waals surface area contributed by atoms with Crippen LogP contribution in [0, 0.1) is 0 Å². The van der Waals surface area contributed by atoms with Gasteiger partial charge in [-0.1, -0.05) is 5.16 Å². The maximum absolute atomic E-state index is 5.57. The molecule has 0 bridgehead atoms. The van der Waals surface area contributed by atoms with Crippen molar-refractivity contribution in [3.05, 3.63) is 24.2 Å². The lowest BCUT2D eigenvalue weighted by atomic mass is 10.1. The molecule has 1 N–H and O–H groups in total. The van der Waals surface area contributed by atoms with E-state index >= 15 is 0 Å². The van der Waals surface area contributed by atoms with Crippen LogP contribution in [0.15, 0.2) is 22.9 Å². The van der Waals surface area contributed by atoms with Gasteiger partial charge in [0, 0.05) is 24.4 Å². The molecule has 2 aromatic rings. The van der Waals surface area contributed by atoms with Gasteiger partial charge < -0.3 is 19.3 Å². The summed E-state index contributed by atoms with van der Waals surface area (Å²) in [5, 5.41) is 7.30. The number of methoxy groups -OCH3 is 1. The Labute approximate surface area is 128 Å². The maximum atomic E-state index is 5.57. The standard InChI is InChI=1S/C13H16N4O3.ClH/c1-8-11(14-5-6-19-8)13-16-12(17-20-13)9-3-4-10(18-2)15-7-9;/h3-4,7-8,11,14H,5-6H2,1-2H3;1H/t8-,11+;/m1./s1. The molecule has 0 aromatic carbocycles. The number of morpholine rings is 1. The topological polar surface area (TPSA) is 82.3 Å². The molecule has 0 radical (unpaired) electrons. The van der Waals surface area contributed by atoms with Gasteiger partial charge in [0.15, 0.2) is 0 Å². The van der Waals surface area contributed by atoms with E-state index in [0.717, 1.165) is 12.1 Å². The van der Waals surface area contributed by atoms with Gasteiger partial charge in [0.05, 0.1) is 19.8 Å². The van der Waals surface area contributed by atoms with Crippen molar-refractivity contribution in [2.75, 3.05) is 20.3 Å². The average molecular weight is 313 g/mol. The highest BCUT2D eigenvalue weighted by Gasteiger charge is 2.28. The van der Waals surface area contributed by atoms with Gasteiger partial charge in [0.2, 0.25) is 17.6 Å². The summed E-state index contributed by atoms with van der Waals surface area (Å²) < 4.78 is 15.9. The van der Waals surface area contributed by atoms with E-state index in [1.54, 1.807) is 19.4 Å². The van der Waals surface area contributed by atoms with Crippen molar-refractivity contribution in [2.45, 2.75) is 19.1 Å². The predicted molar refractivity (Wildman–Crippen MR) is 77.5 cm³/mol. The quantitative estimate of drug-likeness (QED) is 0.922. The Morgan fingerprint density at radius 2 is 2.24 bits per heavy atom. The van der Waals surface area contributed by atoms with E-state index in [4.69, 9.17) is 14.0 Å². The van der Waals surface area contributed by atoms with Crippen molar-refractivity contribution in [3.63, 3.8) is 0 Å². The van der Waals surface area contributed by atoms with Crippen LogP contribution in [-0.4, -0.2) is 41.5 Å². The molecule has 0 unspecified atom stereocenters. The van der Waals surface area contributed by atoms with E-state index in [2.05, 4.69) is 20.4 Å². The van der Waals surface area contributed by atoms with Gasteiger partial charge in [-0.2, -0.15) is 4.98 Å². The van der Waals surface area contributed by atoms with Crippen molar-refractivity contribution in [1.29, 1.82) is 0 Å². The van der Waals surface area contributed by atoms with Crippen molar-refractivity contribution in [3.8, 4) is 17.3 Å². The first kappa shape index (κ1) is 15.7. The number of ether oxygens (including phenoxy) is 2. The number of nitrogens with zero attached hydrogens (tertiary/aromatic N) is 3. The van der Waals surface area contributed by atoms with E-state index in [1.807, 2.05) is 13.0 Å². The lowest BCUT2D eigenvalue weighted by Gasteiger charge is -2.27. The minimum Gasteiger partial charge on any atom is -0.481 e. The first-order chi connectivity index (χ1) is 9.78. The summed E-state index contributed by atoms with van der Waals surface area (Å²) in [6, 6.07) is 3.53. The van der Waals surface area contributed by atoms with E-state index in [-0.39, 0.29) is 24.6 Å². The van der Waals surface area contributed by atoms with Gasteiger partial charge in [-0.05, 0) is 13.0 Å². The largest absolute Gasteiger partial charge is 0.481 e. The van der Waals surface area contributed by atoms with Crippen LogP contribution in [0.1, 0.15) is 18.9 Å². The zero-order valence-electron chi connectivity index (χ0n) is 11.8. The Morgan fingerprint density at radius 1 is 1.38 bits per heavy atom. The number of hydrogen-bond donors (Lipinski definition) is 1. The zero-order valence-corrected chi connectivity index (χ0v) is 12.6. The fraction of sp³-hybridized carbons (Fsp3) is 0.462. The molecule has 3 rings (SSSR count). The minimum atomic E-state index is -0.0730. The van der Waals surface area contributed by atoms with Crippen molar-refractivity contribution >= 4 is 12.4 Å². The summed E-state index contributed by atoms with van der Waals surface area (Å²) in [5.74, 6) is 1.59. The van der Waals surface area contributed by atoms with E-state index < -0.39 is 0 Å². The monoisotopic (exact) mass is 312 g/mol. The van der Waals surface area contributed by atoms with Crippen LogP contribution in [0.2, 0.25) is 0 Å². The highest BCUT2D eigenvalue weighted by Crippen LogP contribution is 2.23. The van der Waals surface area contributed by atoms with Gasteiger partial charge in [-0.15, -0.1) is 12.4 Å². The molecule has 7 nitrogen and oxygen atoms in total. The second-order valence-electron chi connectivity index (χ2n) is 4.55. The molecular formula is C13H17ClN4O3. The Morgan fingerprint density at radius 3 is 2.90 bits per heavy atom. The molecule has 1 saturated heterocycles. The summed E-state index contributed by atoms with van der Waals surface area (Å²) in [7, 11) is 1.57. The van der Waals surface area contributed by atoms with Crippen LogP contribution < -0.4 is 10.1 Å². The first-order valence-electron chi connectivity index (χ1n) is 6.47. The van der Waals surface area contributed by atoms with Crippen LogP contribution in [0.4, 0.5) is 0 Å². The Hall–Kier alpha value is -1.70.